The van der Waals surface area contributed by atoms with Gasteiger partial charge in [0.05, 0.1) is 12.6 Å². The molecular weight excluding hydrogens is 264 g/mol. The molecule has 1 atom stereocenters. The van der Waals surface area contributed by atoms with Crippen molar-refractivity contribution >= 4 is 11.8 Å². The number of benzene rings is 1. The highest BCUT2D eigenvalue weighted by atomic mass is 16.2. The summed E-state index contributed by atoms with van der Waals surface area (Å²) in [5.74, 6) is 0.0899. The van der Waals surface area contributed by atoms with Crippen LogP contribution in [-0.2, 0) is 16.0 Å². The zero-order chi connectivity index (χ0) is 15.0. The molecule has 0 bridgehead atoms. The third kappa shape index (κ3) is 2.55. The van der Waals surface area contributed by atoms with Crippen molar-refractivity contribution in [3.63, 3.8) is 0 Å². The molecule has 21 heavy (non-hydrogen) atoms. The van der Waals surface area contributed by atoms with E-state index in [1.54, 1.807) is 4.90 Å². The predicted octanol–water partition coefficient (Wildman–Crippen LogP) is 2.00. The van der Waals surface area contributed by atoms with Gasteiger partial charge in [0.1, 0.15) is 0 Å². The third-order valence-electron chi connectivity index (χ3n) is 4.48. The van der Waals surface area contributed by atoms with Crippen LogP contribution in [0.2, 0.25) is 0 Å². The number of nitrogens with zero attached hydrogens (tertiary/aromatic N) is 2. The molecular formula is C17H22N2O2. The molecule has 0 aliphatic carbocycles. The van der Waals surface area contributed by atoms with Crippen LogP contribution in [0.15, 0.2) is 24.3 Å². The number of carbonyl (C=O) groups is 2. The van der Waals surface area contributed by atoms with Gasteiger partial charge in [0.15, 0.2) is 0 Å². The molecule has 1 fully saturated rings. The van der Waals surface area contributed by atoms with Crippen molar-refractivity contribution < 1.29 is 9.59 Å². The molecule has 0 N–H and O–H groups in total. The van der Waals surface area contributed by atoms with Crippen LogP contribution in [0.4, 0.5) is 0 Å². The zero-order valence-corrected chi connectivity index (χ0v) is 12.7. The molecule has 1 unspecified atom stereocenters. The Morgan fingerprint density at radius 3 is 2.81 bits per heavy atom. The molecule has 4 heteroatoms. The molecule has 0 aromatic heterocycles. The first-order chi connectivity index (χ1) is 10.1. The van der Waals surface area contributed by atoms with Gasteiger partial charge in [0, 0.05) is 19.0 Å². The lowest BCUT2D eigenvalue weighted by Gasteiger charge is -2.41. The van der Waals surface area contributed by atoms with Crippen molar-refractivity contribution in [3.8, 4) is 0 Å². The highest BCUT2D eigenvalue weighted by molar-refractivity contribution is 5.87. The number of piperazine rings is 1. The summed E-state index contributed by atoms with van der Waals surface area (Å²) in [7, 11) is 0. The summed E-state index contributed by atoms with van der Waals surface area (Å²) in [5.41, 5.74) is 2.53. The predicted molar refractivity (Wildman–Crippen MR) is 80.6 cm³/mol. The largest absolute Gasteiger partial charge is 0.332 e. The Kier molecular flexibility index (Phi) is 3.70. The maximum atomic E-state index is 12.5. The number of hydrogen-bond donors (Lipinski definition) is 0. The Balaban J connectivity index is 1.94. The molecule has 1 aromatic carbocycles. The van der Waals surface area contributed by atoms with E-state index in [1.165, 1.54) is 11.1 Å². The van der Waals surface area contributed by atoms with E-state index in [9.17, 15) is 9.59 Å². The van der Waals surface area contributed by atoms with Crippen LogP contribution >= 0.6 is 0 Å². The SMILES string of the molecule is CC(C)C(=O)N1CC(=O)N2CCCc3ccccc3C2C1. The van der Waals surface area contributed by atoms with Crippen LogP contribution in [0.1, 0.15) is 37.4 Å². The summed E-state index contributed by atoms with van der Waals surface area (Å²) < 4.78 is 0. The van der Waals surface area contributed by atoms with E-state index in [0.29, 0.717) is 6.54 Å². The second kappa shape index (κ2) is 5.51. The van der Waals surface area contributed by atoms with Crippen LogP contribution in [0.3, 0.4) is 0 Å². The molecule has 2 aliphatic rings. The normalized spacial score (nSPS) is 21.9. The van der Waals surface area contributed by atoms with Crippen LogP contribution in [0.5, 0.6) is 0 Å². The van der Waals surface area contributed by atoms with Gasteiger partial charge in [-0.05, 0) is 24.0 Å². The Morgan fingerprint density at radius 2 is 2.05 bits per heavy atom. The summed E-state index contributed by atoms with van der Waals surface area (Å²) in [6.45, 7) is 5.43. The van der Waals surface area contributed by atoms with Gasteiger partial charge in [-0.3, -0.25) is 9.59 Å². The van der Waals surface area contributed by atoms with Crippen molar-refractivity contribution in [2.75, 3.05) is 19.6 Å². The van der Waals surface area contributed by atoms with Crippen molar-refractivity contribution in [2.45, 2.75) is 32.7 Å². The van der Waals surface area contributed by atoms with Gasteiger partial charge >= 0.3 is 0 Å². The fourth-order valence-electron chi connectivity index (χ4n) is 3.41. The average Bonchev–Trinajstić information content (AvgIpc) is 2.66. The second-order valence-corrected chi connectivity index (χ2v) is 6.28. The van der Waals surface area contributed by atoms with Gasteiger partial charge in [0.2, 0.25) is 11.8 Å². The number of hydrogen-bond acceptors (Lipinski definition) is 2. The molecule has 3 rings (SSSR count). The first kappa shape index (κ1) is 14.1. The molecule has 0 saturated carbocycles. The third-order valence-corrected chi connectivity index (χ3v) is 4.48. The zero-order valence-electron chi connectivity index (χ0n) is 12.7. The van der Waals surface area contributed by atoms with Crippen molar-refractivity contribution in [1.82, 2.24) is 9.80 Å². The van der Waals surface area contributed by atoms with Gasteiger partial charge in [-0.25, -0.2) is 0 Å². The highest BCUT2D eigenvalue weighted by Crippen LogP contribution is 2.32. The Bertz CT molecular complexity index is 568. The summed E-state index contributed by atoms with van der Waals surface area (Å²) in [6.07, 6.45) is 2.01. The monoisotopic (exact) mass is 286 g/mol. The van der Waals surface area contributed by atoms with Crippen molar-refractivity contribution in [2.24, 2.45) is 5.92 Å². The van der Waals surface area contributed by atoms with E-state index < -0.39 is 0 Å². The standard InChI is InChI=1S/C17H22N2O2/c1-12(2)17(21)18-10-15-14-8-4-3-6-13(14)7-5-9-19(15)16(20)11-18/h3-4,6,8,12,15H,5,7,9-11H2,1-2H3. The molecule has 1 aromatic rings. The van der Waals surface area contributed by atoms with E-state index in [4.69, 9.17) is 0 Å². The maximum Gasteiger partial charge on any atom is 0.242 e. The van der Waals surface area contributed by atoms with Crippen LogP contribution < -0.4 is 0 Å². The Hall–Kier alpha value is -1.84. The lowest BCUT2D eigenvalue weighted by molar-refractivity contribution is -0.150. The first-order valence-electron chi connectivity index (χ1n) is 7.74. The molecule has 2 heterocycles. The quantitative estimate of drug-likeness (QED) is 0.792. The molecule has 0 spiro atoms. The number of carbonyl (C=O) groups excluding carboxylic acids is 2. The minimum atomic E-state index is -0.0645. The van der Waals surface area contributed by atoms with E-state index in [0.717, 1.165) is 19.4 Å². The molecule has 2 aliphatic heterocycles. The van der Waals surface area contributed by atoms with Crippen LogP contribution in [0.25, 0.3) is 0 Å². The number of aryl methyl sites for hydroxylation is 1. The highest BCUT2D eigenvalue weighted by Gasteiger charge is 2.37. The molecule has 4 nitrogen and oxygen atoms in total. The van der Waals surface area contributed by atoms with E-state index in [-0.39, 0.29) is 30.3 Å². The Labute approximate surface area is 125 Å². The van der Waals surface area contributed by atoms with E-state index in [2.05, 4.69) is 18.2 Å². The number of amides is 2. The fourth-order valence-corrected chi connectivity index (χ4v) is 3.41. The molecule has 1 saturated heterocycles. The van der Waals surface area contributed by atoms with E-state index >= 15 is 0 Å². The van der Waals surface area contributed by atoms with Crippen molar-refractivity contribution in [3.05, 3.63) is 35.4 Å². The second-order valence-electron chi connectivity index (χ2n) is 6.28. The summed E-state index contributed by atoms with van der Waals surface area (Å²) in [4.78, 5) is 28.4. The van der Waals surface area contributed by atoms with E-state index in [1.807, 2.05) is 24.8 Å². The summed E-state index contributed by atoms with van der Waals surface area (Å²) in [5, 5.41) is 0. The van der Waals surface area contributed by atoms with Crippen LogP contribution in [-0.4, -0.2) is 41.2 Å². The number of rotatable bonds is 1. The van der Waals surface area contributed by atoms with Gasteiger partial charge in [-0.15, -0.1) is 0 Å². The molecule has 2 amide bonds. The van der Waals surface area contributed by atoms with Gasteiger partial charge in [-0.2, -0.15) is 0 Å². The lowest BCUT2D eigenvalue weighted by Crippen LogP contribution is -2.54. The fraction of sp³-hybridized carbons (Fsp3) is 0.529. The smallest absolute Gasteiger partial charge is 0.242 e. The molecule has 0 radical (unpaired) electrons. The van der Waals surface area contributed by atoms with Gasteiger partial charge in [0.25, 0.3) is 0 Å². The summed E-state index contributed by atoms with van der Waals surface area (Å²) in [6, 6.07) is 8.35. The molecule has 112 valence electrons. The lowest BCUT2D eigenvalue weighted by atomic mass is 9.96. The van der Waals surface area contributed by atoms with Crippen LogP contribution in [0, 0.1) is 5.92 Å². The van der Waals surface area contributed by atoms with Gasteiger partial charge < -0.3 is 9.80 Å². The maximum absolute atomic E-state index is 12.5. The topological polar surface area (TPSA) is 40.6 Å². The van der Waals surface area contributed by atoms with Gasteiger partial charge in [-0.1, -0.05) is 38.1 Å². The summed E-state index contributed by atoms with van der Waals surface area (Å²) >= 11 is 0. The number of fused-ring (bicyclic) bond motifs is 3. The minimum absolute atomic E-state index is 0.0210. The average molecular weight is 286 g/mol. The first-order valence-corrected chi connectivity index (χ1v) is 7.74. The minimum Gasteiger partial charge on any atom is -0.332 e. The Morgan fingerprint density at radius 1 is 1.29 bits per heavy atom. The van der Waals surface area contributed by atoms with Crippen molar-refractivity contribution in [1.29, 1.82) is 0 Å².